The third-order valence-electron chi connectivity index (χ3n) is 4.08. The van der Waals surface area contributed by atoms with Crippen molar-refractivity contribution in [3.05, 3.63) is 18.5 Å². The summed E-state index contributed by atoms with van der Waals surface area (Å²) in [4.78, 5) is 25.6. The number of aromatic nitrogens is 2. The van der Waals surface area contributed by atoms with Crippen LogP contribution >= 0.6 is 24.8 Å². The van der Waals surface area contributed by atoms with Crippen molar-refractivity contribution in [2.45, 2.75) is 45.2 Å². The summed E-state index contributed by atoms with van der Waals surface area (Å²) in [5.41, 5.74) is 5.75. The van der Waals surface area contributed by atoms with E-state index >= 15 is 0 Å². The Morgan fingerprint density at radius 3 is 2.38 bits per heavy atom. The summed E-state index contributed by atoms with van der Waals surface area (Å²) in [6.45, 7) is 6.17. The Labute approximate surface area is 156 Å². The van der Waals surface area contributed by atoms with Crippen LogP contribution in [0.5, 0.6) is 0 Å². The molecule has 140 valence electrons. The molecule has 1 unspecified atom stereocenters. The maximum absolute atomic E-state index is 12.3. The van der Waals surface area contributed by atoms with Crippen molar-refractivity contribution in [1.29, 1.82) is 0 Å². The number of halogens is 2. The zero-order valence-corrected chi connectivity index (χ0v) is 16.3. The zero-order valence-electron chi connectivity index (χ0n) is 14.7. The monoisotopic (exact) mass is 381 g/mol. The second-order valence-corrected chi connectivity index (χ2v) is 5.70. The second kappa shape index (κ2) is 11.3. The fourth-order valence-corrected chi connectivity index (χ4v) is 2.07. The molecule has 3 N–H and O–H groups in total. The predicted octanol–water partition coefficient (Wildman–Crippen LogP) is 1.38. The van der Waals surface area contributed by atoms with Crippen LogP contribution in [0.15, 0.2) is 18.5 Å². The van der Waals surface area contributed by atoms with Gasteiger partial charge in [0.2, 0.25) is 11.8 Å². The fraction of sp³-hybridized carbons (Fsp3) is 0.667. The van der Waals surface area contributed by atoms with E-state index in [9.17, 15) is 9.59 Å². The van der Waals surface area contributed by atoms with Crippen molar-refractivity contribution >= 4 is 36.6 Å². The topological polar surface area (TPSA) is 93.3 Å². The number of hydrogen-bond donors (Lipinski definition) is 2. The number of carbonyl (C=O) groups excluding carboxylic acids is 2. The highest BCUT2D eigenvalue weighted by atomic mass is 35.5. The van der Waals surface area contributed by atoms with Crippen molar-refractivity contribution in [3.63, 3.8) is 0 Å². The van der Waals surface area contributed by atoms with E-state index < -0.39 is 6.04 Å². The maximum Gasteiger partial charge on any atom is 0.247 e. The van der Waals surface area contributed by atoms with E-state index in [0.29, 0.717) is 6.54 Å². The Hall–Kier alpha value is -1.31. The van der Waals surface area contributed by atoms with E-state index in [-0.39, 0.29) is 48.7 Å². The van der Waals surface area contributed by atoms with Crippen molar-refractivity contribution in [3.8, 4) is 0 Å². The Morgan fingerprint density at radius 1 is 1.33 bits per heavy atom. The van der Waals surface area contributed by atoms with E-state index in [0.717, 1.165) is 12.8 Å². The van der Waals surface area contributed by atoms with Crippen LogP contribution in [0, 0.1) is 0 Å². The third-order valence-corrected chi connectivity index (χ3v) is 4.08. The lowest BCUT2D eigenvalue weighted by molar-refractivity contribution is -0.137. The first kappa shape index (κ1) is 24.9. The van der Waals surface area contributed by atoms with Crippen LogP contribution in [0.25, 0.3) is 0 Å². The highest BCUT2D eigenvalue weighted by Crippen LogP contribution is 2.10. The molecule has 0 saturated carbocycles. The number of nitrogens with two attached hydrogens (primary N) is 1. The van der Waals surface area contributed by atoms with Gasteiger partial charge in [0.05, 0.1) is 6.54 Å². The first-order valence-electron chi connectivity index (χ1n) is 7.62. The van der Waals surface area contributed by atoms with Crippen LogP contribution in [-0.2, 0) is 9.59 Å². The lowest BCUT2D eigenvalue weighted by Gasteiger charge is -2.27. The normalized spacial score (nSPS) is 11.7. The average molecular weight is 382 g/mol. The molecule has 0 saturated heterocycles. The van der Waals surface area contributed by atoms with Crippen LogP contribution in [0.1, 0.15) is 39.7 Å². The van der Waals surface area contributed by atoms with Gasteiger partial charge in [-0.15, -0.1) is 24.8 Å². The van der Waals surface area contributed by atoms with Crippen molar-refractivity contribution in [1.82, 2.24) is 20.0 Å². The van der Waals surface area contributed by atoms with Gasteiger partial charge in [-0.3, -0.25) is 14.3 Å². The fourth-order valence-electron chi connectivity index (χ4n) is 2.07. The highest BCUT2D eigenvalue weighted by Gasteiger charge is 2.23. The van der Waals surface area contributed by atoms with Crippen LogP contribution in [0.4, 0.5) is 0 Å². The minimum atomic E-state index is -0.437. The average Bonchev–Trinajstić information content (AvgIpc) is 3.05. The van der Waals surface area contributed by atoms with Gasteiger partial charge in [0.1, 0.15) is 6.04 Å². The van der Waals surface area contributed by atoms with E-state index in [2.05, 4.69) is 10.4 Å². The SMILES string of the molecule is CCC(N)(CC)CNC(=O)CN(C)C(=O)C(C)n1cccn1.Cl.Cl. The molecule has 0 bridgehead atoms. The van der Waals surface area contributed by atoms with Crippen molar-refractivity contribution in [2.24, 2.45) is 5.73 Å². The van der Waals surface area contributed by atoms with Crippen LogP contribution in [-0.4, -0.2) is 52.2 Å². The lowest BCUT2D eigenvalue weighted by Crippen LogP contribution is -2.51. The van der Waals surface area contributed by atoms with Crippen LogP contribution in [0.2, 0.25) is 0 Å². The Kier molecular flexibility index (Phi) is 11.7. The molecular formula is C15H29Cl2N5O2. The molecule has 1 atom stereocenters. The summed E-state index contributed by atoms with van der Waals surface area (Å²) >= 11 is 0. The summed E-state index contributed by atoms with van der Waals surface area (Å²) in [6, 6.07) is 1.32. The van der Waals surface area contributed by atoms with E-state index in [4.69, 9.17) is 5.73 Å². The van der Waals surface area contributed by atoms with Crippen molar-refractivity contribution in [2.75, 3.05) is 20.1 Å². The number of nitrogens with one attached hydrogen (secondary N) is 1. The molecule has 0 aliphatic heterocycles. The van der Waals surface area contributed by atoms with Crippen molar-refractivity contribution < 1.29 is 9.59 Å². The molecule has 1 aromatic heterocycles. The lowest BCUT2D eigenvalue weighted by atomic mass is 9.94. The molecule has 0 aromatic carbocycles. The van der Waals surface area contributed by atoms with Gasteiger partial charge in [0, 0.05) is 31.5 Å². The van der Waals surface area contributed by atoms with Crippen LogP contribution < -0.4 is 11.1 Å². The summed E-state index contributed by atoms with van der Waals surface area (Å²) in [6.07, 6.45) is 4.92. The van der Waals surface area contributed by atoms with E-state index in [1.165, 1.54) is 4.90 Å². The molecule has 2 amide bonds. The Morgan fingerprint density at radius 2 is 1.92 bits per heavy atom. The number of hydrogen-bond acceptors (Lipinski definition) is 4. The molecule has 0 radical (unpaired) electrons. The zero-order chi connectivity index (χ0) is 16.8. The molecule has 24 heavy (non-hydrogen) atoms. The first-order valence-corrected chi connectivity index (χ1v) is 7.62. The van der Waals surface area contributed by atoms with Gasteiger partial charge in [-0.1, -0.05) is 13.8 Å². The molecule has 0 spiro atoms. The molecule has 9 heteroatoms. The smallest absolute Gasteiger partial charge is 0.247 e. The highest BCUT2D eigenvalue weighted by molar-refractivity contribution is 5.86. The van der Waals surface area contributed by atoms with Gasteiger partial charge in [0.25, 0.3) is 0 Å². The quantitative estimate of drug-likeness (QED) is 0.710. The van der Waals surface area contributed by atoms with Gasteiger partial charge in [-0.2, -0.15) is 5.10 Å². The van der Waals surface area contributed by atoms with Gasteiger partial charge >= 0.3 is 0 Å². The van der Waals surface area contributed by atoms with Gasteiger partial charge in [0.15, 0.2) is 0 Å². The Balaban J connectivity index is 0. The number of amides is 2. The summed E-state index contributed by atoms with van der Waals surface area (Å²) < 4.78 is 1.57. The molecule has 1 heterocycles. The summed E-state index contributed by atoms with van der Waals surface area (Å²) in [5, 5.41) is 6.85. The summed E-state index contributed by atoms with van der Waals surface area (Å²) in [5.74, 6) is -0.371. The van der Waals surface area contributed by atoms with Gasteiger partial charge in [-0.25, -0.2) is 0 Å². The first-order chi connectivity index (χ1) is 10.3. The van der Waals surface area contributed by atoms with Gasteiger partial charge < -0.3 is 16.0 Å². The third kappa shape index (κ3) is 7.07. The molecule has 0 fully saturated rings. The minimum Gasteiger partial charge on any atom is -0.353 e. The molecule has 0 aliphatic rings. The molecular weight excluding hydrogens is 353 g/mol. The minimum absolute atomic E-state index is 0. The van der Waals surface area contributed by atoms with E-state index in [1.54, 1.807) is 37.1 Å². The van der Waals surface area contributed by atoms with Gasteiger partial charge in [-0.05, 0) is 25.8 Å². The molecule has 7 nitrogen and oxygen atoms in total. The standard InChI is InChI=1S/C15H27N5O2.2ClH/c1-5-15(16,6-2)11-17-13(21)10-19(4)14(22)12(3)20-9-7-8-18-20;;/h7-9,12H,5-6,10-11,16H2,1-4H3,(H,17,21);2*1H. The molecule has 1 aromatic rings. The van der Waals surface area contributed by atoms with E-state index in [1.807, 2.05) is 13.8 Å². The molecule has 0 aliphatic carbocycles. The second-order valence-electron chi connectivity index (χ2n) is 5.70. The number of rotatable bonds is 8. The number of nitrogens with zero attached hydrogens (tertiary/aromatic N) is 3. The molecule has 1 rings (SSSR count). The predicted molar refractivity (Wildman–Crippen MR) is 99.6 cm³/mol. The van der Waals surface area contributed by atoms with Crippen LogP contribution in [0.3, 0.4) is 0 Å². The Bertz CT molecular complexity index is 492. The summed E-state index contributed by atoms with van der Waals surface area (Å²) in [7, 11) is 1.61. The number of carbonyl (C=O) groups is 2. The maximum atomic E-state index is 12.3. The number of likely N-dealkylation sites (N-methyl/N-ethyl adjacent to an activating group) is 1. The largest absolute Gasteiger partial charge is 0.353 e.